The summed E-state index contributed by atoms with van der Waals surface area (Å²) in [4.78, 5) is 28.7. The van der Waals surface area contributed by atoms with Crippen LogP contribution in [0.25, 0.3) is 0 Å². The van der Waals surface area contributed by atoms with Gasteiger partial charge in [-0.1, -0.05) is 52.4 Å². The Labute approximate surface area is 177 Å². The number of carboxylic acids is 1. The van der Waals surface area contributed by atoms with Crippen LogP contribution in [0.1, 0.15) is 84.9 Å². The Hall–Kier alpha value is -2.14. The molecule has 1 N–H and O–H groups in total. The fourth-order valence-corrected chi connectivity index (χ4v) is 4.96. The second kappa shape index (κ2) is 7.94. The zero-order chi connectivity index (χ0) is 21.4. The van der Waals surface area contributed by atoms with E-state index in [9.17, 15) is 14.7 Å². The standard InChI is InChI=1S/C24H29NO3S/c1-6-15-12-18-19(24(4,5)10-9-23(18,2)3)13-17(15)20(26)14-29-21-16(22(27)28)8-7-11-25-21/h7-8,11-13H,6,9-10,14H2,1-5H3,(H,27,28). The predicted octanol–water partition coefficient (Wildman–Crippen LogP) is 5.67. The van der Waals surface area contributed by atoms with Gasteiger partial charge in [0.2, 0.25) is 0 Å². The Morgan fingerprint density at radius 3 is 2.28 bits per heavy atom. The molecule has 4 nitrogen and oxygen atoms in total. The van der Waals surface area contributed by atoms with Crippen LogP contribution in [0.2, 0.25) is 0 Å². The molecule has 0 spiro atoms. The molecule has 29 heavy (non-hydrogen) atoms. The van der Waals surface area contributed by atoms with Gasteiger partial charge in [0.25, 0.3) is 0 Å². The normalized spacial score (nSPS) is 16.9. The molecule has 154 valence electrons. The number of carboxylic acid groups (broad SMARTS) is 1. The van der Waals surface area contributed by atoms with E-state index in [0.29, 0.717) is 5.03 Å². The van der Waals surface area contributed by atoms with E-state index in [0.717, 1.165) is 30.4 Å². The van der Waals surface area contributed by atoms with Crippen LogP contribution in [0.3, 0.4) is 0 Å². The van der Waals surface area contributed by atoms with Gasteiger partial charge < -0.3 is 5.11 Å². The number of aryl methyl sites for hydroxylation is 1. The highest BCUT2D eigenvalue weighted by molar-refractivity contribution is 8.00. The van der Waals surface area contributed by atoms with Gasteiger partial charge in [-0.2, -0.15) is 0 Å². The number of ketones is 1. The fourth-order valence-electron chi connectivity index (χ4n) is 4.09. The summed E-state index contributed by atoms with van der Waals surface area (Å²) in [6.07, 6.45) is 4.58. The van der Waals surface area contributed by atoms with Gasteiger partial charge in [0.05, 0.1) is 11.3 Å². The average Bonchev–Trinajstić information content (AvgIpc) is 2.69. The molecule has 0 radical (unpaired) electrons. The molecule has 1 aliphatic carbocycles. The van der Waals surface area contributed by atoms with Crippen LogP contribution in [0.15, 0.2) is 35.5 Å². The Morgan fingerprint density at radius 1 is 1.07 bits per heavy atom. The molecule has 1 aromatic carbocycles. The van der Waals surface area contributed by atoms with Gasteiger partial charge >= 0.3 is 5.97 Å². The first-order valence-corrected chi connectivity index (χ1v) is 11.1. The highest BCUT2D eigenvalue weighted by Crippen LogP contribution is 2.46. The van der Waals surface area contributed by atoms with Crippen molar-refractivity contribution in [3.63, 3.8) is 0 Å². The molecule has 0 saturated heterocycles. The molecule has 1 aromatic heterocycles. The number of hydrogen-bond acceptors (Lipinski definition) is 4. The average molecular weight is 412 g/mol. The van der Waals surface area contributed by atoms with E-state index in [4.69, 9.17) is 0 Å². The molecule has 0 unspecified atom stereocenters. The summed E-state index contributed by atoms with van der Waals surface area (Å²) in [5.41, 5.74) is 4.73. The van der Waals surface area contributed by atoms with E-state index in [-0.39, 0.29) is 27.9 Å². The maximum atomic E-state index is 13.1. The van der Waals surface area contributed by atoms with Crippen molar-refractivity contribution in [2.24, 2.45) is 0 Å². The number of hydrogen-bond donors (Lipinski definition) is 1. The summed E-state index contributed by atoms with van der Waals surface area (Å²) in [5.74, 6) is -0.830. The van der Waals surface area contributed by atoms with Crippen LogP contribution < -0.4 is 0 Å². The van der Waals surface area contributed by atoms with Gasteiger partial charge in [-0.25, -0.2) is 9.78 Å². The number of fused-ring (bicyclic) bond motifs is 1. The molecule has 1 heterocycles. The van der Waals surface area contributed by atoms with Crippen LogP contribution in [0.5, 0.6) is 0 Å². The maximum absolute atomic E-state index is 13.1. The van der Waals surface area contributed by atoms with E-state index in [1.807, 2.05) is 0 Å². The summed E-state index contributed by atoms with van der Waals surface area (Å²) >= 11 is 1.19. The lowest BCUT2D eigenvalue weighted by Crippen LogP contribution is -2.34. The summed E-state index contributed by atoms with van der Waals surface area (Å²) in [6.45, 7) is 11.2. The Balaban J connectivity index is 1.95. The number of Topliss-reactive ketones (excluding diaryl/α,β-unsaturated/α-hetero) is 1. The van der Waals surface area contributed by atoms with Crippen molar-refractivity contribution in [2.45, 2.75) is 69.7 Å². The summed E-state index contributed by atoms with van der Waals surface area (Å²) in [7, 11) is 0. The molecular weight excluding hydrogens is 382 g/mol. The lowest BCUT2D eigenvalue weighted by atomic mass is 9.62. The van der Waals surface area contributed by atoms with Crippen molar-refractivity contribution in [1.82, 2.24) is 4.98 Å². The molecule has 1 aliphatic rings. The molecule has 3 rings (SSSR count). The van der Waals surface area contributed by atoms with E-state index in [1.165, 1.54) is 29.0 Å². The lowest BCUT2D eigenvalue weighted by molar-refractivity contribution is 0.0692. The molecular formula is C24H29NO3S. The first kappa shape index (κ1) is 21.6. The monoisotopic (exact) mass is 411 g/mol. The third-order valence-electron chi connectivity index (χ3n) is 6.10. The molecule has 0 atom stereocenters. The lowest BCUT2D eigenvalue weighted by Gasteiger charge is -2.42. The minimum Gasteiger partial charge on any atom is -0.478 e. The number of rotatable bonds is 6. The Kier molecular flexibility index (Phi) is 5.91. The minimum atomic E-state index is -1.03. The number of carbonyl (C=O) groups excluding carboxylic acids is 1. The molecule has 0 saturated carbocycles. The molecule has 0 aliphatic heterocycles. The summed E-state index contributed by atoms with van der Waals surface area (Å²) in [6, 6.07) is 7.45. The van der Waals surface area contributed by atoms with Crippen molar-refractivity contribution >= 4 is 23.5 Å². The second-order valence-electron chi connectivity index (χ2n) is 9.05. The minimum absolute atomic E-state index is 0.0239. The molecule has 5 heteroatoms. The number of benzene rings is 1. The summed E-state index contributed by atoms with van der Waals surface area (Å²) in [5, 5.41) is 9.71. The Morgan fingerprint density at radius 2 is 1.69 bits per heavy atom. The third kappa shape index (κ3) is 4.25. The van der Waals surface area contributed by atoms with E-state index in [2.05, 4.69) is 51.7 Å². The van der Waals surface area contributed by atoms with Gasteiger partial charge in [0, 0.05) is 11.8 Å². The Bertz CT molecular complexity index is 963. The van der Waals surface area contributed by atoms with Crippen molar-refractivity contribution < 1.29 is 14.7 Å². The number of carbonyl (C=O) groups is 2. The van der Waals surface area contributed by atoms with Crippen LogP contribution >= 0.6 is 11.8 Å². The van der Waals surface area contributed by atoms with Gasteiger partial charge in [-0.15, -0.1) is 0 Å². The van der Waals surface area contributed by atoms with Crippen molar-refractivity contribution in [3.05, 3.63) is 58.3 Å². The SMILES string of the molecule is CCc1cc2c(cc1C(=O)CSc1ncccc1C(=O)O)C(C)(C)CCC2(C)C. The van der Waals surface area contributed by atoms with Crippen molar-refractivity contribution in [2.75, 3.05) is 5.75 Å². The van der Waals surface area contributed by atoms with Crippen molar-refractivity contribution in [3.8, 4) is 0 Å². The van der Waals surface area contributed by atoms with Gasteiger partial charge in [0.1, 0.15) is 5.03 Å². The van der Waals surface area contributed by atoms with Crippen molar-refractivity contribution in [1.29, 1.82) is 0 Å². The van der Waals surface area contributed by atoms with Gasteiger partial charge in [0.15, 0.2) is 5.78 Å². The molecule has 0 amide bonds. The maximum Gasteiger partial charge on any atom is 0.338 e. The zero-order valence-corrected chi connectivity index (χ0v) is 18.7. The van der Waals surface area contributed by atoms with Crippen LogP contribution in [0, 0.1) is 0 Å². The van der Waals surface area contributed by atoms with E-state index in [1.54, 1.807) is 12.3 Å². The largest absolute Gasteiger partial charge is 0.478 e. The quantitative estimate of drug-likeness (QED) is 0.490. The number of aromatic nitrogens is 1. The van der Waals surface area contributed by atoms with E-state index >= 15 is 0 Å². The van der Waals surface area contributed by atoms with Crippen LogP contribution in [-0.2, 0) is 17.3 Å². The topological polar surface area (TPSA) is 67.3 Å². The number of thioether (sulfide) groups is 1. The highest BCUT2D eigenvalue weighted by Gasteiger charge is 2.38. The number of nitrogens with zero attached hydrogens (tertiary/aromatic N) is 1. The van der Waals surface area contributed by atoms with Crippen LogP contribution in [-0.4, -0.2) is 27.6 Å². The molecule has 0 fully saturated rings. The molecule has 0 bridgehead atoms. The van der Waals surface area contributed by atoms with Gasteiger partial charge in [-0.05, 0) is 65.0 Å². The van der Waals surface area contributed by atoms with Gasteiger partial charge in [-0.3, -0.25) is 4.79 Å². The number of pyridine rings is 1. The number of aromatic carboxylic acids is 1. The third-order valence-corrected chi connectivity index (χ3v) is 7.10. The van der Waals surface area contributed by atoms with E-state index < -0.39 is 5.97 Å². The first-order chi connectivity index (χ1) is 13.6. The second-order valence-corrected chi connectivity index (χ2v) is 10.0. The zero-order valence-electron chi connectivity index (χ0n) is 17.8. The van der Waals surface area contributed by atoms with Crippen LogP contribution in [0.4, 0.5) is 0 Å². The molecule has 2 aromatic rings. The fraction of sp³-hybridized carbons (Fsp3) is 0.458. The first-order valence-electron chi connectivity index (χ1n) is 10.1. The smallest absolute Gasteiger partial charge is 0.338 e. The highest BCUT2D eigenvalue weighted by atomic mass is 32.2. The predicted molar refractivity (Wildman–Crippen MR) is 117 cm³/mol. The summed E-state index contributed by atoms with van der Waals surface area (Å²) < 4.78 is 0.